The first-order valence-corrected chi connectivity index (χ1v) is 10.8. The summed E-state index contributed by atoms with van der Waals surface area (Å²) in [5.41, 5.74) is 4.87. The molecule has 1 N–H and O–H groups in total. The number of hydrogen-bond acceptors (Lipinski definition) is 3. The largest absolute Gasteiger partial charge is 0.461 e. The summed E-state index contributed by atoms with van der Waals surface area (Å²) in [7, 11) is 0. The Hall–Kier alpha value is -4.19. The van der Waals surface area contributed by atoms with Crippen LogP contribution in [0.15, 0.2) is 85.2 Å². The van der Waals surface area contributed by atoms with Gasteiger partial charge in [0.1, 0.15) is 11.5 Å². The van der Waals surface area contributed by atoms with Crippen LogP contribution in [0.4, 0.5) is 4.39 Å². The van der Waals surface area contributed by atoms with E-state index in [0.29, 0.717) is 24.5 Å². The summed E-state index contributed by atoms with van der Waals surface area (Å²) in [6.45, 7) is 2.64. The van der Waals surface area contributed by atoms with Crippen LogP contribution in [0.1, 0.15) is 23.0 Å². The fourth-order valence-corrected chi connectivity index (χ4v) is 3.96. The summed E-state index contributed by atoms with van der Waals surface area (Å²) < 4.78 is 20.5. The molecule has 2 heterocycles. The van der Waals surface area contributed by atoms with E-state index in [9.17, 15) is 9.18 Å². The number of ether oxygens (including phenoxy) is 1. The van der Waals surface area contributed by atoms with Crippen LogP contribution in [0.2, 0.25) is 0 Å². The van der Waals surface area contributed by atoms with Crippen LogP contribution in [-0.4, -0.2) is 27.3 Å². The number of H-pyrrole nitrogens is 1. The zero-order chi connectivity index (χ0) is 22.8. The Morgan fingerprint density at radius 2 is 1.73 bits per heavy atom. The van der Waals surface area contributed by atoms with Crippen LogP contribution in [-0.2, 0) is 11.3 Å². The molecule has 6 heteroatoms. The lowest BCUT2D eigenvalue weighted by Gasteiger charge is -2.05. The van der Waals surface area contributed by atoms with Crippen LogP contribution in [0, 0.1) is 5.82 Å². The van der Waals surface area contributed by atoms with Gasteiger partial charge in [0.25, 0.3) is 0 Å². The Balaban J connectivity index is 1.58. The number of rotatable bonds is 6. The van der Waals surface area contributed by atoms with Gasteiger partial charge in [-0.1, -0.05) is 48.5 Å². The van der Waals surface area contributed by atoms with Gasteiger partial charge in [0.15, 0.2) is 0 Å². The molecule has 0 bridgehead atoms. The minimum absolute atomic E-state index is 0.258. The van der Waals surface area contributed by atoms with Crippen molar-refractivity contribution in [3.05, 3.63) is 102 Å². The van der Waals surface area contributed by atoms with E-state index in [4.69, 9.17) is 4.74 Å². The summed E-state index contributed by atoms with van der Waals surface area (Å²) in [5.74, 6) is -0.693. The number of hydrogen-bond donors (Lipinski definition) is 1. The first-order chi connectivity index (χ1) is 16.1. The van der Waals surface area contributed by atoms with Crippen molar-refractivity contribution >= 4 is 16.7 Å². The highest BCUT2D eigenvalue weighted by atomic mass is 19.1. The van der Waals surface area contributed by atoms with Crippen LogP contribution >= 0.6 is 0 Å². The van der Waals surface area contributed by atoms with Gasteiger partial charge in [0.2, 0.25) is 0 Å². The summed E-state index contributed by atoms with van der Waals surface area (Å²) >= 11 is 0. The average molecular weight is 439 g/mol. The molecule has 0 radical (unpaired) electrons. The third kappa shape index (κ3) is 4.28. The van der Waals surface area contributed by atoms with E-state index in [-0.39, 0.29) is 5.82 Å². The topological polar surface area (TPSA) is 59.9 Å². The van der Waals surface area contributed by atoms with Gasteiger partial charge in [0, 0.05) is 30.1 Å². The normalized spacial score (nSPS) is 11.1. The third-order valence-corrected chi connectivity index (χ3v) is 5.57. The molecular formula is C27H22FN3O2. The number of carbonyl (C=O) groups excluding carboxylic acids is 1. The summed E-state index contributed by atoms with van der Waals surface area (Å²) in [4.78, 5) is 12.1. The first-order valence-electron chi connectivity index (χ1n) is 10.8. The molecule has 3 aromatic carbocycles. The van der Waals surface area contributed by atoms with Crippen molar-refractivity contribution in [2.75, 3.05) is 6.61 Å². The Morgan fingerprint density at radius 1 is 0.970 bits per heavy atom. The fourth-order valence-electron chi connectivity index (χ4n) is 3.96. The molecule has 0 saturated carbocycles. The van der Waals surface area contributed by atoms with Crippen molar-refractivity contribution < 1.29 is 13.9 Å². The maximum absolute atomic E-state index is 13.3. The highest BCUT2D eigenvalue weighted by Gasteiger charge is 2.17. The fraction of sp³-hybridized carbons (Fsp3) is 0.111. The zero-order valence-electron chi connectivity index (χ0n) is 18.1. The smallest absolute Gasteiger partial charge is 0.356 e. The number of fused-ring (bicyclic) bond motifs is 1. The molecule has 0 aliphatic carbocycles. The Morgan fingerprint density at radius 3 is 2.52 bits per heavy atom. The second-order valence-electron chi connectivity index (χ2n) is 7.83. The number of nitrogens with one attached hydrogen (secondary N) is 1. The molecule has 0 unspecified atom stereocenters. The lowest BCUT2D eigenvalue weighted by Crippen LogP contribution is -2.04. The minimum Gasteiger partial charge on any atom is -0.461 e. The number of aromatic amines is 1. The van der Waals surface area contributed by atoms with Crippen molar-refractivity contribution in [1.82, 2.24) is 14.8 Å². The van der Waals surface area contributed by atoms with Crippen LogP contribution in [0.5, 0.6) is 0 Å². The minimum atomic E-state index is -0.436. The van der Waals surface area contributed by atoms with Gasteiger partial charge in [-0.2, -0.15) is 5.10 Å². The molecule has 0 aliphatic heterocycles. The van der Waals surface area contributed by atoms with Gasteiger partial charge >= 0.3 is 5.97 Å². The van der Waals surface area contributed by atoms with Crippen molar-refractivity contribution in [3.8, 4) is 22.4 Å². The number of esters is 1. The van der Waals surface area contributed by atoms with Crippen molar-refractivity contribution in [2.45, 2.75) is 13.5 Å². The van der Waals surface area contributed by atoms with E-state index in [0.717, 1.165) is 33.0 Å². The van der Waals surface area contributed by atoms with E-state index in [1.165, 1.54) is 12.1 Å². The van der Waals surface area contributed by atoms with E-state index >= 15 is 0 Å². The summed E-state index contributed by atoms with van der Waals surface area (Å²) in [5, 5.41) is 9.47. The molecule has 0 atom stereocenters. The maximum Gasteiger partial charge on any atom is 0.356 e. The van der Waals surface area contributed by atoms with Gasteiger partial charge in [-0.15, -0.1) is 0 Å². The second-order valence-corrected chi connectivity index (χ2v) is 7.83. The lowest BCUT2D eigenvalue weighted by atomic mass is 9.99. The van der Waals surface area contributed by atoms with E-state index in [1.54, 1.807) is 25.1 Å². The molecule has 2 aromatic heterocycles. The summed E-state index contributed by atoms with van der Waals surface area (Å²) in [6, 6.07) is 22.7. The van der Waals surface area contributed by atoms with Gasteiger partial charge in [0.05, 0.1) is 12.3 Å². The molecule has 0 amide bonds. The predicted molar refractivity (Wildman–Crippen MR) is 126 cm³/mol. The van der Waals surface area contributed by atoms with Gasteiger partial charge < -0.3 is 9.30 Å². The lowest BCUT2D eigenvalue weighted by molar-refractivity contribution is 0.0519. The van der Waals surface area contributed by atoms with E-state index in [2.05, 4.69) is 46.7 Å². The molecule has 5 aromatic rings. The van der Waals surface area contributed by atoms with Crippen LogP contribution in [0.25, 0.3) is 33.2 Å². The van der Waals surface area contributed by atoms with E-state index < -0.39 is 5.97 Å². The van der Waals surface area contributed by atoms with Crippen molar-refractivity contribution in [2.24, 2.45) is 0 Å². The summed E-state index contributed by atoms with van der Waals surface area (Å²) in [6.07, 6.45) is 4.06. The highest BCUT2D eigenvalue weighted by molar-refractivity contribution is 5.92. The first kappa shape index (κ1) is 20.7. The molecule has 0 fully saturated rings. The predicted octanol–water partition coefficient (Wildman–Crippen LogP) is 6.06. The van der Waals surface area contributed by atoms with Gasteiger partial charge in [-0.25, -0.2) is 9.18 Å². The molecule has 0 spiro atoms. The Bertz CT molecular complexity index is 1430. The quantitative estimate of drug-likeness (QED) is 0.327. The SMILES string of the molecule is CCOC(=O)c1cc(-c2cn(Cc3ccc(F)cc3)cc2-c2ccc3ccccc3c2)n[nH]1. The Labute approximate surface area is 190 Å². The van der Waals surface area contributed by atoms with Crippen LogP contribution in [0.3, 0.4) is 0 Å². The molecule has 33 heavy (non-hydrogen) atoms. The monoisotopic (exact) mass is 439 g/mol. The molecule has 5 nitrogen and oxygen atoms in total. The van der Waals surface area contributed by atoms with Gasteiger partial charge in [-0.05, 0) is 53.1 Å². The highest BCUT2D eigenvalue weighted by Crippen LogP contribution is 2.34. The number of aromatic nitrogens is 3. The molecular weight excluding hydrogens is 417 g/mol. The van der Waals surface area contributed by atoms with Crippen molar-refractivity contribution in [3.63, 3.8) is 0 Å². The van der Waals surface area contributed by atoms with Crippen molar-refractivity contribution in [1.29, 1.82) is 0 Å². The molecule has 164 valence electrons. The van der Waals surface area contributed by atoms with E-state index in [1.807, 2.05) is 22.9 Å². The standard InChI is InChI=1S/C27H22FN3O2/c1-2-33-27(32)26-14-25(29-30-26)24-17-31(15-18-7-11-22(28)12-8-18)16-23(24)21-10-9-19-5-3-4-6-20(19)13-21/h3-14,16-17H,2,15H2,1H3,(H,29,30). The number of halogens is 1. The maximum atomic E-state index is 13.3. The zero-order valence-corrected chi connectivity index (χ0v) is 18.1. The molecule has 0 aliphatic rings. The Kier molecular flexibility index (Phi) is 5.48. The number of benzene rings is 3. The van der Waals surface area contributed by atoms with Crippen LogP contribution < -0.4 is 0 Å². The molecule has 5 rings (SSSR count). The third-order valence-electron chi connectivity index (χ3n) is 5.57. The number of carbonyl (C=O) groups is 1. The number of nitrogens with zero attached hydrogens (tertiary/aromatic N) is 2. The van der Waals surface area contributed by atoms with Gasteiger partial charge in [-0.3, -0.25) is 5.10 Å². The second kappa shape index (κ2) is 8.74. The average Bonchev–Trinajstić information content (AvgIpc) is 3.48. The molecule has 0 saturated heterocycles.